The van der Waals surface area contributed by atoms with Gasteiger partial charge in [-0.05, 0) is 24.3 Å². The minimum absolute atomic E-state index is 0.00108. The fourth-order valence-corrected chi connectivity index (χ4v) is 3.26. The van der Waals surface area contributed by atoms with Crippen LogP contribution in [0.1, 0.15) is 12.3 Å². The van der Waals surface area contributed by atoms with Gasteiger partial charge in [-0.15, -0.1) is 11.8 Å². The predicted molar refractivity (Wildman–Crippen MR) is 105 cm³/mol. The number of hydrogen-bond donors (Lipinski definition) is 1. The number of nitrogens with one attached hydrogen (secondary N) is 1. The molecular formula is C20H19ClN2O2S. The smallest absolute Gasteiger partial charge is 0.220 e. The maximum absolute atomic E-state index is 11.9. The average Bonchev–Trinajstić information content (AvgIpc) is 3.15. The summed E-state index contributed by atoms with van der Waals surface area (Å²) in [6, 6.07) is 17.5. The van der Waals surface area contributed by atoms with E-state index in [4.69, 9.17) is 16.0 Å². The van der Waals surface area contributed by atoms with Gasteiger partial charge in [-0.2, -0.15) is 0 Å². The van der Waals surface area contributed by atoms with Crippen LogP contribution in [-0.2, 0) is 11.2 Å². The van der Waals surface area contributed by atoms with Crippen LogP contribution in [0.15, 0.2) is 70.1 Å². The largest absolute Gasteiger partial charge is 0.441 e. The van der Waals surface area contributed by atoms with Crippen LogP contribution in [0.25, 0.3) is 11.3 Å². The molecule has 0 saturated carbocycles. The highest BCUT2D eigenvalue weighted by Gasteiger charge is 2.08. The lowest BCUT2D eigenvalue weighted by Gasteiger charge is -2.04. The number of hydrogen-bond acceptors (Lipinski definition) is 4. The Bertz CT molecular complexity index is 835. The van der Waals surface area contributed by atoms with Gasteiger partial charge in [0.15, 0.2) is 11.7 Å². The van der Waals surface area contributed by atoms with E-state index in [0.717, 1.165) is 27.0 Å². The van der Waals surface area contributed by atoms with Gasteiger partial charge < -0.3 is 9.73 Å². The molecule has 0 aliphatic carbocycles. The monoisotopic (exact) mass is 386 g/mol. The molecule has 0 atom stereocenters. The quantitative estimate of drug-likeness (QED) is 0.444. The van der Waals surface area contributed by atoms with Crippen LogP contribution in [0.3, 0.4) is 0 Å². The molecule has 1 aromatic heterocycles. The number of aromatic nitrogens is 1. The summed E-state index contributed by atoms with van der Waals surface area (Å²) in [6.45, 7) is 0.618. The SMILES string of the molecule is O=C(CCc1ncc(-c2ccccc2)o1)NCCSc1ccc(Cl)cc1. The third kappa shape index (κ3) is 5.64. The van der Waals surface area contributed by atoms with Crippen LogP contribution < -0.4 is 5.32 Å². The summed E-state index contributed by atoms with van der Waals surface area (Å²) in [5, 5.41) is 3.64. The van der Waals surface area contributed by atoms with Crippen molar-refractivity contribution < 1.29 is 9.21 Å². The molecule has 0 aliphatic heterocycles. The fourth-order valence-electron chi connectivity index (χ4n) is 2.36. The Morgan fingerprint density at radius 2 is 1.88 bits per heavy atom. The third-order valence-electron chi connectivity index (χ3n) is 3.68. The second-order valence-corrected chi connectivity index (χ2v) is 7.24. The van der Waals surface area contributed by atoms with E-state index in [9.17, 15) is 4.79 Å². The fraction of sp³-hybridized carbons (Fsp3) is 0.200. The maximum atomic E-state index is 11.9. The molecule has 0 unspecified atom stereocenters. The Morgan fingerprint density at radius 3 is 2.65 bits per heavy atom. The summed E-state index contributed by atoms with van der Waals surface area (Å²) in [4.78, 5) is 17.3. The molecule has 0 radical (unpaired) electrons. The van der Waals surface area contributed by atoms with Crippen molar-refractivity contribution >= 4 is 29.3 Å². The van der Waals surface area contributed by atoms with Crippen molar-refractivity contribution in [2.24, 2.45) is 0 Å². The normalized spacial score (nSPS) is 10.7. The zero-order valence-electron chi connectivity index (χ0n) is 14.2. The summed E-state index contributed by atoms with van der Waals surface area (Å²) >= 11 is 7.54. The van der Waals surface area contributed by atoms with Gasteiger partial charge in [0.25, 0.3) is 0 Å². The van der Waals surface area contributed by atoms with Crippen LogP contribution in [0.4, 0.5) is 0 Å². The Balaban J connectivity index is 1.36. The van der Waals surface area contributed by atoms with Crippen molar-refractivity contribution in [3.63, 3.8) is 0 Å². The van der Waals surface area contributed by atoms with Gasteiger partial charge in [-0.25, -0.2) is 4.98 Å². The second-order valence-electron chi connectivity index (χ2n) is 5.64. The van der Waals surface area contributed by atoms with E-state index in [-0.39, 0.29) is 5.91 Å². The molecule has 0 fully saturated rings. The van der Waals surface area contributed by atoms with Gasteiger partial charge in [-0.3, -0.25) is 4.79 Å². The molecule has 3 rings (SSSR count). The molecule has 0 saturated heterocycles. The molecule has 3 aromatic rings. The topological polar surface area (TPSA) is 55.1 Å². The third-order valence-corrected chi connectivity index (χ3v) is 4.95. The first-order valence-electron chi connectivity index (χ1n) is 8.36. The highest BCUT2D eigenvalue weighted by Crippen LogP contribution is 2.21. The molecule has 26 heavy (non-hydrogen) atoms. The molecule has 0 bridgehead atoms. The first-order valence-corrected chi connectivity index (χ1v) is 9.72. The number of benzene rings is 2. The van der Waals surface area contributed by atoms with Gasteiger partial charge in [0.1, 0.15) is 0 Å². The van der Waals surface area contributed by atoms with Crippen LogP contribution in [0, 0.1) is 0 Å². The van der Waals surface area contributed by atoms with E-state index in [0.29, 0.717) is 25.3 Å². The molecule has 6 heteroatoms. The van der Waals surface area contributed by atoms with Crippen molar-refractivity contribution in [2.45, 2.75) is 17.7 Å². The number of oxazole rings is 1. The highest BCUT2D eigenvalue weighted by molar-refractivity contribution is 7.99. The summed E-state index contributed by atoms with van der Waals surface area (Å²) in [5.41, 5.74) is 0.981. The molecule has 134 valence electrons. The number of carbonyl (C=O) groups excluding carboxylic acids is 1. The Kier molecular flexibility index (Phi) is 6.75. The van der Waals surface area contributed by atoms with Crippen molar-refractivity contribution in [3.8, 4) is 11.3 Å². The van der Waals surface area contributed by atoms with Crippen LogP contribution in [0.5, 0.6) is 0 Å². The molecule has 1 N–H and O–H groups in total. The minimum Gasteiger partial charge on any atom is -0.441 e. The lowest BCUT2D eigenvalue weighted by Crippen LogP contribution is -2.25. The van der Waals surface area contributed by atoms with E-state index in [1.54, 1.807) is 18.0 Å². The number of aryl methyl sites for hydroxylation is 1. The average molecular weight is 387 g/mol. The number of rotatable bonds is 8. The van der Waals surface area contributed by atoms with Crippen molar-refractivity contribution in [2.75, 3.05) is 12.3 Å². The molecule has 1 amide bonds. The Hall–Kier alpha value is -2.24. The van der Waals surface area contributed by atoms with E-state index in [2.05, 4.69) is 10.3 Å². The number of halogens is 1. The van der Waals surface area contributed by atoms with Crippen LogP contribution in [-0.4, -0.2) is 23.2 Å². The lowest BCUT2D eigenvalue weighted by atomic mass is 10.2. The first-order chi connectivity index (χ1) is 12.7. The zero-order valence-corrected chi connectivity index (χ0v) is 15.7. The molecule has 0 spiro atoms. The number of nitrogens with zero attached hydrogens (tertiary/aromatic N) is 1. The molecule has 1 heterocycles. The molecule has 4 nitrogen and oxygen atoms in total. The summed E-state index contributed by atoms with van der Waals surface area (Å²) in [6.07, 6.45) is 2.55. The Morgan fingerprint density at radius 1 is 1.12 bits per heavy atom. The number of thioether (sulfide) groups is 1. The summed E-state index contributed by atoms with van der Waals surface area (Å²) in [7, 11) is 0. The standard InChI is InChI=1S/C20H19ClN2O2S/c21-16-6-8-17(9-7-16)26-13-12-22-19(24)10-11-20-23-14-18(25-20)15-4-2-1-3-5-15/h1-9,14H,10-13H2,(H,22,24). The summed E-state index contributed by atoms with van der Waals surface area (Å²) < 4.78 is 5.71. The van der Waals surface area contributed by atoms with Gasteiger partial charge >= 0.3 is 0 Å². The van der Waals surface area contributed by atoms with E-state index >= 15 is 0 Å². The van der Waals surface area contributed by atoms with Crippen LogP contribution in [0.2, 0.25) is 5.02 Å². The summed E-state index contributed by atoms with van der Waals surface area (Å²) in [5.74, 6) is 2.11. The van der Waals surface area contributed by atoms with Gasteiger partial charge in [-0.1, -0.05) is 41.9 Å². The predicted octanol–water partition coefficient (Wildman–Crippen LogP) is 4.84. The highest BCUT2D eigenvalue weighted by atomic mass is 35.5. The second kappa shape index (κ2) is 9.46. The zero-order chi connectivity index (χ0) is 18.2. The van der Waals surface area contributed by atoms with Crippen molar-refractivity contribution in [1.82, 2.24) is 10.3 Å². The number of amides is 1. The lowest BCUT2D eigenvalue weighted by molar-refractivity contribution is -0.121. The number of carbonyl (C=O) groups is 1. The molecule has 0 aliphatic rings. The van der Waals surface area contributed by atoms with Crippen molar-refractivity contribution in [1.29, 1.82) is 0 Å². The molecule has 2 aromatic carbocycles. The van der Waals surface area contributed by atoms with Crippen molar-refractivity contribution in [3.05, 3.63) is 71.7 Å². The Labute approximate surface area is 162 Å². The van der Waals surface area contributed by atoms with Gasteiger partial charge in [0, 0.05) is 40.6 Å². The van der Waals surface area contributed by atoms with Crippen LogP contribution >= 0.6 is 23.4 Å². The maximum Gasteiger partial charge on any atom is 0.220 e. The van der Waals surface area contributed by atoms with Gasteiger partial charge in [0.05, 0.1) is 6.20 Å². The van der Waals surface area contributed by atoms with Gasteiger partial charge in [0.2, 0.25) is 5.91 Å². The molecular weight excluding hydrogens is 368 g/mol. The van der Waals surface area contributed by atoms with E-state index in [1.807, 2.05) is 54.6 Å². The minimum atomic E-state index is 0.00108. The first kappa shape index (κ1) is 18.5. The van der Waals surface area contributed by atoms with E-state index < -0.39 is 0 Å². The van der Waals surface area contributed by atoms with E-state index in [1.165, 1.54) is 0 Å².